The fourth-order valence-corrected chi connectivity index (χ4v) is 3.71. The highest BCUT2D eigenvalue weighted by molar-refractivity contribution is 6.57. The Bertz CT molecular complexity index is 888. The number of fused-ring (bicyclic) bond motifs is 3. The monoisotopic (exact) mass is 310 g/mol. The molecule has 0 saturated carbocycles. The zero-order valence-corrected chi connectivity index (χ0v) is 12.1. The Balaban J connectivity index is 1.73. The Morgan fingerprint density at radius 2 is 2.13 bits per heavy atom. The van der Waals surface area contributed by atoms with Gasteiger partial charge in [-0.3, -0.25) is 4.99 Å². The minimum Gasteiger partial charge on any atom is -0.396 e. The average Bonchev–Trinajstić information content (AvgIpc) is 3.27. The molecule has 0 spiro atoms. The van der Waals surface area contributed by atoms with Crippen molar-refractivity contribution in [3.8, 4) is 0 Å². The van der Waals surface area contributed by atoms with Crippen molar-refractivity contribution in [1.29, 1.82) is 0 Å². The summed E-state index contributed by atoms with van der Waals surface area (Å²) in [4.78, 5) is 6.59. The largest absolute Gasteiger partial charge is 0.736 e. The molecule has 1 aromatic rings. The van der Waals surface area contributed by atoms with E-state index in [0.29, 0.717) is 11.4 Å². The predicted molar refractivity (Wildman–Crippen MR) is 86.4 cm³/mol. The molecule has 0 amide bonds. The molecule has 4 aliphatic rings. The molecule has 0 bridgehead atoms. The van der Waals surface area contributed by atoms with Gasteiger partial charge in [0.2, 0.25) is 0 Å². The topological polar surface area (TPSA) is 23.5 Å². The van der Waals surface area contributed by atoms with Crippen molar-refractivity contribution in [3.05, 3.63) is 66.3 Å². The fourth-order valence-electron chi connectivity index (χ4n) is 3.71. The number of aromatic nitrogens is 1. The van der Waals surface area contributed by atoms with Crippen molar-refractivity contribution in [2.45, 2.75) is 12.2 Å². The Hall–Kier alpha value is -2.70. The third-order valence-electron chi connectivity index (χ3n) is 4.73. The molecule has 2 atom stereocenters. The zero-order chi connectivity index (χ0) is 15.6. The molecule has 1 aromatic heterocycles. The lowest BCUT2D eigenvalue weighted by Gasteiger charge is -2.35. The van der Waals surface area contributed by atoms with Crippen molar-refractivity contribution < 1.29 is 13.1 Å². The summed E-state index contributed by atoms with van der Waals surface area (Å²) in [5.74, 6) is 0. The molecule has 0 fully saturated rings. The van der Waals surface area contributed by atoms with Crippen LogP contribution < -0.4 is 0 Å². The third-order valence-corrected chi connectivity index (χ3v) is 4.73. The highest BCUT2D eigenvalue weighted by Crippen LogP contribution is 2.39. The molecular weight excluding hydrogens is 297 g/mol. The van der Waals surface area contributed by atoms with Crippen LogP contribution in [-0.4, -0.2) is 45.5 Å². The number of allylic oxidation sites excluding steroid dienone is 4. The van der Waals surface area contributed by atoms with E-state index in [4.69, 9.17) is 0 Å². The number of hydrogen-bond donors (Lipinski definition) is 0. The molecule has 23 heavy (non-hydrogen) atoms. The van der Waals surface area contributed by atoms with Gasteiger partial charge < -0.3 is 22.5 Å². The molecule has 2 unspecified atom stereocenters. The van der Waals surface area contributed by atoms with Gasteiger partial charge in [0, 0.05) is 30.3 Å². The van der Waals surface area contributed by atoms with Gasteiger partial charge >= 0.3 is 6.97 Å². The molecule has 0 aliphatic carbocycles. The Kier molecular flexibility index (Phi) is 2.33. The lowest BCUT2D eigenvalue weighted by atomic mass is 9.86. The van der Waals surface area contributed by atoms with Crippen molar-refractivity contribution in [2.24, 2.45) is 4.99 Å². The van der Waals surface area contributed by atoms with Crippen LogP contribution in [0.2, 0.25) is 0 Å². The van der Waals surface area contributed by atoms with E-state index in [0.717, 1.165) is 14.5 Å². The van der Waals surface area contributed by atoms with Gasteiger partial charge in [0.1, 0.15) is 12.4 Å². The molecule has 7 heteroatoms. The van der Waals surface area contributed by atoms with E-state index in [1.54, 1.807) is 24.3 Å². The SMILES string of the molecule is F[B-]1(F)n2cccc2C(C2C=NC3C=CC=CN32)=C2C=CC=[N+]21. The Morgan fingerprint density at radius 1 is 1.22 bits per heavy atom. The Morgan fingerprint density at radius 3 is 3.04 bits per heavy atom. The third kappa shape index (κ3) is 1.54. The van der Waals surface area contributed by atoms with Crippen molar-refractivity contribution in [2.75, 3.05) is 0 Å². The standard InChI is InChI=1S/C16H13BF2N4/c18-17(19)22-9-3-5-12(22)16(13-6-4-10-23(13)17)14-11-20-15-7-1-2-8-21(14)15/h1-11,14-15H. The summed E-state index contributed by atoms with van der Waals surface area (Å²) in [7, 11) is 0. The van der Waals surface area contributed by atoms with Crippen LogP contribution in [0.25, 0.3) is 5.57 Å². The number of rotatable bonds is 1. The fraction of sp³-hybridized carbons (Fsp3) is 0.125. The second-order valence-electron chi connectivity index (χ2n) is 5.93. The summed E-state index contributed by atoms with van der Waals surface area (Å²) in [6, 6.07) is 3.27. The molecule has 0 radical (unpaired) electrons. The molecule has 0 N–H and O–H groups in total. The van der Waals surface area contributed by atoms with Crippen LogP contribution in [-0.2, 0) is 0 Å². The minimum absolute atomic E-state index is 0.0581. The molecule has 114 valence electrons. The maximum atomic E-state index is 14.8. The summed E-state index contributed by atoms with van der Waals surface area (Å²) in [6.45, 7) is -3.84. The van der Waals surface area contributed by atoms with E-state index < -0.39 is 6.97 Å². The lowest BCUT2D eigenvalue weighted by Crippen LogP contribution is -2.51. The van der Waals surface area contributed by atoms with Crippen molar-refractivity contribution in [1.82, 2.24) is 9.38 Å². The summed E-state index contributed by atoms with van der Waals surface area (Å²) >= 11 is 0. The first-order valence-electron chi connectivity index (χ1n) is 7.57. The smallest absolute Gasteiger partial charge is 0.396 e. The van der Waals surface area contributed by atoms with Crippen LogP contribution in [0.1, 0.15) is 5.69 Å². The first-order valence-corrected chi connectivity index (χ1v) is 7.57. The summed E-state index contributed by atoms with van der Waals surface area (Å²) in [6.07, 6.45) is 16.0. The van der Waals surface area contributed by atoms with Crippen molar-refractivity contribution >= 4 is 25.0 Å². The van der Waals surface area contributed by atoms with E-state index in [2.05, 4.69) is 9.89 Å². The van der Waals surface area contributed by atoms with Gasteiger partial charge in [0.05, 0.1) is 11.6 Å². The number of nitrogens with zero attached hydrogens (tertiary/aromatic N) is 4. The van der Waals surface area contributed by atoms with Crippen LogP contribution in [0.15, 0.2) is 65.6 Å². The van der Waals surface area contributed by atoms with Crippen molar-refractivity contribution in [3.63, 3.8) is 0 Å². The van der Waals surface area contributed by atoms with Crippen LogP contribution in [0.5, 0.6) is 0 Å². The van der Waals surface area contributed by atoms with E-state index in [1.807, 2.05) is 30.6 Å². The summed E-state index contributed by atoms with van der Waals surface area (Å²) < 4.78 is 31.7. The molecular formula is C16H13BF2N4. The first kappa shape index (κ1) is 12.8. The van der Waals surface area contributed by atoms with Crippen LogP contribution >= 0.6 is 0 Å². The first-order chi connectivity index (χ1) is 11.2. The maximum absolute atomic E-state index is 14.8. The molecule has 4 nitrogen and oxygen atoms in total. The van der Waals surface area contributed by atoms with Crippen LogP contribution in [0, 0.1) is 0 Å². The van der Waals surface area contributed by atoms with Gasteiger partial charge in [-0.2, -0.15) is 0 Å². The minimum atomic E-state index is -3.84. The molecule has 0 saturated heterocycles. The van der Waals surface area contributed by atoms with E-state index in [9.17, 15) is 8.63 Å². The second-order valence-corrected chi connectivity index (χ2v) is 5.93. The maximum Gasteiger partial charge on any atom is 0.736 e. The number of aliphatic imine (C=N–C) groups is 1. The van der Waals surface area contributed by atoms with Gasteiger partial charge in [-0.25, -0.2) is 0 Å². The molecule has 4 aliphatic heterocycles. The second kappa shape index (κ2) is 4.19. The van der Waals surface area contributed by atoms with E-state index in [1.165, 1.54) is 12.4 Å². The molecule has 5 rings (SSSR count). The van der Waals surface area contributed by atoms with Crippen LogP contribution in [0.4, 0.5) is 8.63 Å². The molecule has 0 aromatic carbocycles. The van der Waals surface area contributed by atoms with E-state index in [-0.39, 0.29) is 12.2 Å². The number of halogens is 2. The number of hydrogen-bond acceptors (Lipinski definition) is 2. The van der Waals surface area contributed by atoms with Gasteiger partial charge in [0.25, 0.3) is 0 Å². The Labute approximate surface area is 131 Å². The quantitative estimate of drug-likeness (QED) is 0.730. The highest BCUT2D eigenvalue weighted by atomic mass is 19.2. The predicted octanol–water partition coefficient (Wildman–Crippen LogP) is 2.25. The normalized spacial score (nSPS) is 29.0. The summed E-state index contributed by atoms with van der Waals surface area (Å²) in [5, 5.41) is 0. The summed E-state index contributed by atoms with van der Waals surface area (Å²) in [5.41, 5.74) is 1.97. The van der Waals surface area contributed by atoms with E-state index >= 15 is 0 Å². The van der Waals surface area contributed by atoms with Gasteiger partial charge in [0.15, 0.2) is 5.70 Å². The van der Waals surface area contributed by atoms with Gasteiger partial charge in [-0.05, 0) is 30.5 Å². The molecule has 5 heterocycles. The highest BCUT2D eigenvalue weighted by Gasteiger charge is 2.53. The van der Waals surface area contributed by atoms with Gasteiger partial charge in [-0.15, -0.1) is 0 Å². The lowest BCUT2D eigenvalue weighted by molar-refractivity contribution is -0.356. The van der Waals surface area contributed by atoms with Gasteiger partial charge in [-0.1, -0.05) is 6.08 Å². The zero-order valence-electron chi connectivity index (χ0n) is 12.1. The average molecular weight is 310 g/mol. The van der Waals surface area contributed by atoms with Crippen LogP contribution in [0.3, 0.4) is 0 Å².